The van der Waals surface area contributed by atoms with E-state index in [1.54, 1.807) is 0 Å². The number of halogens is 3. The van der Waals surface area contributed by atoms with E-state index in [0.29, 0.717) is 57.2 Å². The Bertz CT molecular complexity index is 1400. The minimum atomic E-state index is -4.82. The highest BCUT2D eigenvalue weighted by molar-refractivity contribution is 6.00. The number of hydrazine groups is 1. The summed E-state index contributed by atoms with van der Waals surface area (Å²) in [7, 11) is 0. The van der Waals surface area contributed by atoms with Crippen molar-refractivity contribution >= 4 is 29.8 Å². The van der Waals surface area contributed by atoms with Gasteiger partial charge in [0.15, 0.2) is 11.5 Å². The van der Waals surface area contributed by atoms with Crippen LogP contribution in [-0.2, 0) is 17.4 Å². The van der Waals surface area contributed by atoms with E-state index in [1.807, 2.05) is 13.8 Å². The second-order valence-electron chi connectivity index (χ2n) is 12.4. The lowest BCUT2D eigenvalue weighted by molar-refractivity contribution is -0.141. The van der Waals surface area contributed by atoms with Crippen LogP contribution in [0.25, 0.3) is 5.69 Å². The lowest BCUT2D eigenvalue weighted by Crippen LogP contribution is -2.50. The fraction of sp³-hybridized carbons (Fsp3) is 0.567. The molecule has 2 aliphatic rings. The SMILES string of the molecule is CC1(C)CC(=O)c2c(C(F)(F)F)nn(-c3ccc(C(N)=O)c(NC4CCC(NN(CCCCCC=O)C(=O)O)CC4)c3)c2C1. The second kappa shape index (κ2) is 13.4. The third kappa shape index (κ3) is 7.76. The molecule has 0 saturated heterocycles. The number of nitrogens with two attached hydrogens (primary N) is 1. The van der Waals surface area contributed by atoms with Gasteiger partial charge in [-0.3, -0.25) is 9.59 Å². The predicted molar refractivity (Wildman–Crippen MR) is 156 cm³/mol. The number of fused-ring (bicyclic) bond motifs is 1. The molecule has 2 amide bonds. The van der Waals surface area contributed by atoms with E-state index in [1.165, 1.54) is 23.2 Å². The molecule has 14 heteroatoms. The van der Waals surface area contributed by atoms with E-state index in [4.69, 9.17) is 5.73 Å². The van der Waals surface area contributed by atoms with Crippen molar-refractivity contribution < 1.29 is 37.5 Å². The van der Waals surface area contributed by atoms with Gasteiger partial charge >= 0.3 is 12.3 Å². The molecule has 0 unspecified atom stereocenters. The highest BCUT2D eigenvalue weighted by Gasteiger charge is 2.45. The van der Waals surface area contributed by atoms with Crippen molar-refractivity contribution in [3.8, 4) is 5.69 Å². The van der Waals surface area contributed by atoms with Crippen molar-refractivity contribution in [3.63, 3.8) is 0 Å². The van der Waals surface area contributed by atoms with Gasteiger partial charge in [0.2, 0.25) is 0 Å². The second-order valence-corrected chi connectivity index (χ2v) is 12.4. The summed E-state index contributed by atoms with van der Waals surface area (Å²) in [5, 5.41) is 17.9. The van der Waals surface area contributed by atoms with E-state index in [-0.39, 0.29) is 41.9 Å². The van der Waals surface area contributed by atoms with Gasteiger partial charge in [-0.05, 0) is 68.6 Å². The van der Waals surface area contributed by atoms with Crippen LogP contribution in [0.2, 0.25) is 0 Å². The smallest absolute Gasteiger partial charge is 0.435 e. The molecule has 4 rings (SSSR count). The first-order valence-electron chi connectivity index (χ1n) is 14.8. The number of carboxylic acid groups (broad SMARTS) is 1. The summed E-state index contributed by atoms with van der Waals surface area (Å²) in [5.41, 5.74) is 7.45. The molecule has 0 bridgehead atoms. The van der Waals surface area contributed by atoms with Gasteiger partial charge in [0.25, 0.3) is 5.91 Å². The molecule has 1 heterocycles. The number of ketones is 1. The number of aromatic nitrogens is 2. The third-order valence-electron chi connectivity index (χ3n) is 8.19. The number of carbonyl (C=O) groups excluding carboxylic acids is 3. The number of nitrogens with one attached hydrogen (secondary N) is 2. The predicted octanol–water partition coefficient (Wildman–Crippen LogP) is 5.11. The average Bonchev–Trinajstić information content (AvgIpc) is 3.32. The molecular weight excluding hydrogens is 581 g/mol. The number of hydrogen-bond donors (Lipinski definition) is 4. The van der Waals surface area contributed by atoms with Crippen LogP contribution in [0, 0.1) is 5.41 Å². The fourth-order valence-electron chi connectivity index (χ4n) is 6.06. The normalized spacial score (nSPS) is 19.7. The van der Waals surface area contributed by atoms with Gasteiger partial charge in [0, 0.05) is 37.2 Å². The highest BCUT2D eigenvalue weighted by Crippen LogP contribution is 2.42. The van der Waals surface area contributed by atoms with Crippen LogP contribution in [0.3, 0.4) is 0 Å². The Labute approximate surface area is 253 Å². The molecular formula is C30H39F3N6O5. The molecule has 2 aromatic rings. The molecule has 0 spiro atoms. The van der Waals surface area contributed by atoms with Gasteiger partial charge in [-0.15, -0.1) is 0 Å². The first kappa shape index (κ1) is 33.0. The molecule has 1 fully saturated rings. The molecule has 1 aromatic carbocycles. The summed E-state index contributed by atoms with van der Waals surface area (Å²) in [6.07, 6.45) is 0.206. The number of primary amides is 1. The maximum absolute atomic E-state index is 13.9. The zero-order valence-electron chi connectivity index (χ0n) is 24.9. The first-order chi connectivity index (χ1) is 20.7. The lowest BCUT2D eigenvalue weighted by Gasteiger charge is -2.33. The van der Waals surface area contributed by atoms with Crippen LogP contribution in [0.15, 0.2) is 18.2 Å². The van der Waals surface area contributed by atoms with Crippen LogP contribution < -0.4 is 16.5 Å². The highest BCUT2D eigenvalue weighted by atomic mass is 19.4. The topological polar surface area (TPSA) is 160 Å². The standard InChI is InChI=1S/C30H39F3N6O5/c1-29(2)16-23-25(24(41)17-29)26(30(31,32)33)37-39(23)20-11-12-21(27(34)42)22(15-20)35-18-7-9-19(10-8-18)36-38(28(43)44)13-5-3-4-6-14-40/h11-12,14-15,18-19,35-36H,3-10,13,16-17H2,1-2H3,(H2,34,42)(H,43,44). The van der Waals surface area contributed by atoms with Crippen molar-refractivity contribution in [2.45, 2.75) is 96.3 Å². The van der Waals surface area contributed by atoms with Crippen molar-refractivity contribution in [1.82, 2.24) is 20.2 Å². The lowest BCUT2D eigenvalue weighted by atomic mass is 9.75. The summed E-state index contributed by atoms with van der Waals surface area (Å²) in [6, 6.07) is 4.23. The Balaban J connectivity index is 1.51. The molecule has 1 saturated carbocycles. The zero-order chi connectivity index (χ0) is 32.2. The zero-order valence-corrected chi connectivity index (χ0v) is 24.9. The maximum atomic E-state index is 13.9. The summed E-state index contributed by atoms with van der Waals surface area (Å²) < 4.78 is 43.0. The first-order valence-corrected chi connectivity index (χ1v) is 14.8. The maximum Gasteiger partial charge on any atom is 0.435 e. The van der Waals surface area contributed by atoms with Crippen LogP contribution >= 0.6 is 0 Å². The monoisotopic (exact) mass is 620 g/mol. The number of unbranched alkanes of at least 4 members (excludes halogenated alkanes) is 3. The van der Waals surface area contributed by atoms with Gasteiger partial charge in [0.1, 0.15) is 6.29 Å². The van der Waals surface area contributed by atoms with Crippen molar-refractivity contribution in [3.05, 3.63) is 40.7 Å². The summed E-state index contributed by atoms with van der Waals surface area (Å²) in [4.78, 5) is 47.3. The number of alkyl halides is 3. The molecule has 44 heavy (non-hydrogen) atoms. The minimum absolute atomic E-state index is 0.0225. The summed E-state index contributed by atoms with van der Waals surface area (Å²) in [5.74, 6) is -1.32. The van der Waals surface area contributed by atoms with Crippen molar-refractivity contribution in [2.24, 2.45) is 11.1 Å². The Morgan fingerprint density at radius 3 is 2.43 bits per heavy atom. The van der Waals surface area contributed by atoms with Gasteiger partial charge < -0.3 is 21.0 Å². The van der Waals surface area contributed by atoms with E-state index in [0.717, 1.165) is 17.4 Å². The number of carbonyl (C=O) groups is 4. The number of amides is 2. The van der Waals surface area contributed by atoms with Gasteiger partial charge in [-0.25, -0.2) is 19.9 Å². The van der Waals surface area contributed by atoms with E-state index >= 15 is 0 Å². The molecule has 240 valence electrons. The fourth-order valence-corrected chi connectivity index (χ4v) is 6.06. The number of rotatable bonds is 12. The number of aldehydes is 1. The molecule has 2 aliphatic carbocycles. The van der Waals surface area contributed by atoms with E-state index < -0.39 is 40.6 Å². The van der Waals surface area contributed by atoms with Crippen LogP contribution in [0.1, 0.15) is 104 Å². The number of benzene rings is 1. The number of anilines is 1. The van der Waals surface area contributed by atoms with Crippen molar-refractivity contribution in [2.75, 3.05) is 11.9 Å². The van der Waals surface area contributed by atoms with Crippen molar-refractivity contribution in [1.29, 1.82) is 0 Å². The summed E-state index contributed by atoms with van der Waals surface area (Å²) in [6.45, 7) is 3.94. The molecule has 11 nitrogen and oxygen atoms in total. The molecule has 0 aliphatic heterocycles. The number of hydrogen-bond acceptors (Lipinski definition) is 7. The van der Waals surface area contributed by atoms with Gasteiger partial charge in [0.05, 0.1) is 22.5 Å². The molecule has 0 atom stereocenters. The Hall–Kier alpha value is -3.94. The molecule has 0 radical (unpaired) electrons. The van der Waals surface area contributed by atoms with E-state index in [2.05, 4.69) is 15.8 Å². The van der Waals surface area contributed by atoms with Gasteiger partial charge in [-0.1, -0.05) is 20.3 Å². The number of Topliss-reactive ketones (excluding diaryl/α,β-unsaturated/α-hetero) is 1. The van der Waals surface area contributed by atoms with Crippen LogP contribution in [0.4, 0.5) is 23.7 Å². The largest absolute Gasteiger partial charge is 0.464 e. The Morgan fingerprint density at radius 2 is 1.82 bits per heavy atom. The quantitative estimate of drug-likeness (QED) is 0.145. The van der Waals surface area contributed by atoms with Crippen LogP contribution in [0.5, 0.6) is 0 Å². The minimum Gasteiger partial charge on any atom is -0.464 e. The summed E-state index contributed by atoms with van der Waals surface area (Å²) >= 11 is 0. The number of nitrogens with zero attached hydrogens (tertiary/aromatic N) is 3. The third-order valence-corrected chi connectivity index (χ3v) is 8.19. The Morgan fingerprint density at radius 1 is 1.14 bits per heavy atom. The van der Waals surface area contributed by atoms with Crippen LogP contribution in [-0.4, -0.2) is 62.6 Å². The van der Waals surface area contributed by atoms with E-state index in [9.17, 15) is 37.5 Å². The molecule has 5 N–H and O–H groups in total. The average molecular weight is 621 g/mol. The van der Waals surface area contributed by atoms with Gasteiger partial charge in [-0.2, -0.15) is 18.3 Å². The molecule has 1 aromatic heterocycles. The Kier molecular flexibility index (Phi) is 10.0.